The molecule has 1 aromatic heterocycles. The molecule has 2 unspecified atom stereocenters. The molecule has 140 valence electrons. The van der Waals surface area contributed by atoms with Crippen molar-refractivity contribution in [2.45, 2.75) is 38.3 Å². The zero-order valence-corrected chi connectivity index (χ0v) is 14.1. The number of pyridine rings is 1. The van der Waals surface area contributed by atoms with Crippen molar-refractivity contribution in [3.8, 4) is 5.75 Å². The minimum absolute atomic E-state index is 0.0123. The van der Waals surface area contributed by atoms with Crippen LogP contribution in [-0.2, 0) is 4.79 Å². The van der Waals surface area contributed by atoms with Gasteiger partial charge in [0, 0.05) is 13.0 Å². The van der Waals surface area contributed by atoms with E-state index in [-0.39, 0.29) is 30.4 Å². The van der Waals surface area contributed by atoms with Crippen LogP contribution < -0.4 is 10.1 Å². The Morgan fingerprint density at radius 1 is 1.52 bits per heavy atom. The normalized spacial score (nSPS) is 22.6. The Morgan fingerprint density at radius 3 is 2.76 bits per heavy atom. The fraction of sp³-hybridized carbons (Fsp3) is 0.600. The summed E-state index contributed by atoms with van der Waals surface area (Å²) in [5.74, 6) is -0.441. The smallest absolute Gasteiger partial charge is 0.422 e. The van der Waals surface area contributed by atoms with Gasteiger partial charge in [-0.2, -0.15) is 17.6 Å². The van der Waals surface area contributed by atoms with Crippen LogP contribution in [-0.4, -0.2) is 40.9 Å². The number of alkyl halides is 4. The maximum Gasteiger partial charge on any atom is 0.422 e. The summed E-state index contributed by atoms with van der Waals surface area (Å²) < 4.78 is 55.1. The first-order valence-electron chi connectivity index (χ1n) is 7.65. The Morgan fingerprint density at radius 2 is 2.24 bits per heavy atom. The number of rotatable bonds is 6. The second-order valence-electron chi connectivity index (χ2n) is 5.93. The van der Waals surface area contributed by atoms with Crippen molar-refractivity contribution in [2.24, 2.45) is 5.92 Å². The molecule has 5 nitrogen and oxygen atoms in total. The average Bonchev–Trinajstić information content (AvgIpc) is 2.82. The number of ether oxygens (including phenoxy) is 1. The molecule has 25 heavy (non-hydrogen) atoms. The van der Waals surface area contributed by atoms with Gasteiger partial charge in [-0.25, -0.2) is 4.39 Å². The van der Waals surface area contributed by atoms with E-state index < -0.39 is 25.1 Å². The second kappa shape index (κ2) is 8.18. The van der Waals surface area contributed by atoms with Crippen LogP contribution in [0.2, 0.25) is 0 Å². The highest BCUT2D eigenvalue weighted by molar-refractivity contribution is 6.13. The van der Waals surface area contributed by atoms with Crippen LogP contribution in [0, 0.1) is 5.92 Å². The van der Waals surface area contributed by atoms with Gasteiger partial charge in [-0.15, -0.1) is 0 Å². The predicted octanol–water partition coefficient (Wildman–Crippen LogP) is 3.36. The molecule has 3 atom stereocenters. The molecule has 1 saturated heterocycles. The summed E-state index contributed by atoms with van der Waals surface area (Å²) in [6.45, 7) is 0.597. The molecule has 0 aromatic carbocycles. The molecule has 0 spiro atoms. The standard InChI is InChI=1S/C15H18ClF4N3O2/c1-9(22-14(24)5-10-4-13(17)23(16)7-10)12-3-2-11(6-21-12)25-8-15(18,19)20/h2-3,6,9-10,13H,4-5,7-8H2,1H3,(H,22,24)/t9-,10?,13?/m1/s1. The third-order valence-electron chi connectivity index (χ3n) is 3.72. The van der Waals surface area contributed by atoms with Gasteiger partial charge in [-0.3, -0.25) is 9.78 Å². The number of halogens is 5. The predicted molar refractivity (Wildman–Crippen MR) is 82.5 cm³/mol. The molecule has 1 fully saturated rings. The van der Waals surface area contributed by atoms with E-state index in [9.17, 15) is 22.4 Å². The maximum atomic E-state index is 13.3. The van der Waals surface area contributed by atoms with Crippen molar-refractivity contribution < 1.29 is 27.1 Å². The summed E-state index contributed by atoms with van der Waals surface area (Å²) >= 11 is 5.65. The number of carbonyl (C=O) groups excluding carboxylic acids is 1. The van der Waals surface area contributed by atoms with Crippen LogP contribution in [0.25, 0.3) is 0 Å². The van der Waals surface area contributed by atoms with Crippen LogP contribution >= 0.6 is 11.8 Å². The molecule has 0 aliphatic carbocycles. The van der Waals surface area contributed by atoms with E-state index in [4.69, 9.17) is 11.8 Å². The largest absolute Gasteiger partial charge is 0.483 e. The van der Waals surface area contributed by atoms with Crippen LogP contribution in [0.4, 0.5) is 17.6 Å². The molecular weight excluding hydrogens is 366 g/mol. The Balaban J connectivity index is 1.82. The quantitative estimate of drug-likeness (QED) is 0.465. The number of hydrogen-bond donors (Lipinski definition) is 1. The highest BCUT2D eigenvalue weighted by Crippen LogP contribution is 2.28. The lowest BCUT2D eigenvalue weighted by atomic mass is 10.0. The number of aromatic nitrogens is 1. The van der Waals surface area contributed by atoms with Gasteiger partial charge in [0.1, 0.15) is 5.75 Å². The van der Waals surface area contributed by atoms with Gasteiger partial charge in [0.25, 0.3) is 0 Å². The Hall–Kier alpha value is -1.61. The van der Waals surface area contributed by atoms with Gasteiger partial charge in [-0.05, 0) is 43.2 Å². The van der Waals surface area contributed by atoms with Crippen molar-refractivity contribution in [1.29, 1.82) is 0 Å². The minimum Gasteiger partial charge on any atom is -0.483 e. The van der Waals surface area contributed by atoms with Crippen LogP contribution in [0.1, 0.15) is 31.5 Å². The van der Waals surface area contributed by atoms with Crippen LogP contribution in [0.3, 0.4) is 0 Å². The van der Waals surface area contributed by atoms with E-state index in [1.807, 2.05) is 0 Å². The van der Waals surface area contributed by atoms with Crippen molar-refractivity contribution in [3.05, 3.63) is 24.0 Å². The molecule has 0 bridgehead atoms. The number of nitrogens with zero attached hydrogens (tertiary/aromatic N) is 2. The van der Waals surface area contributed by atoms with Crippen LogP contribution in [0.5, 0.6) is 5.75 Å². The first-order valence-corrected chi connectivity index (χ1v) is 7.99. The number of carbonyl (C=O) groups is 1. The Labute approximate surface area is 147 Å². The van der Waals surface area contributed by atoms with E-state index in [1.54, 1.807) is 6.92 Å². The molecule has 0 radical (unpaired) electrons. The zero-order chi connectivity index (χ0) is 18.6. The second-order valence-corrected chi connectivity index (χ2v) is 6.37. The van der Waals surface area contributed by atoms with E-state index in [2.05, 4.69) is 15.0 Å². The first-order chi connectivity index (χ1) is 11.6. The SMILES string of the molecule is C[C@@H](NC(=O)CC1CC(F)N(Cl)C1)c1ccc(OCC(F)(F)F)cn1. The molecule has 1 aliphatic rings. The first kappa shape index (κ1) is 19.7. The fourth-order valence-electron chi connectivity index (χ4n) is 2.51. The summed E-state index contributed by atoms with van der Waals surface area (Å²) in [5.41, 5.74) is 0.474. The van der Waals surface area contributed by atoms with Crippen LogP contribution in [0.15, 0.2) is 18.3 Å². The van der Waals surface area contributed by atoms with Gasteiger partial charge >= 0.3 is 6.18 Å². The third kappa shape index (κ3) is 6.32. The van der Waals surface area contributed by atoms with Crippen molar-refractivity contribution in [3.63, 3.8) is 0 Å². The maximum absolute atomic E-state index is 13.3. The van der Waals surface area contributed by atoms with Crippen molar-refractivity contribution in [2.75, 3.05) is 13.2 Å². The lowest BCUT2D eigenvalue weighted by Crippen LogP contribution is -2.29. The zero-order valence-electron chi connectivity index (χ0n) is 13.4. The van der Waals surface area contributed by atoms with Gasteiger partial charge in [0.15, 0.2) is 12.9 Å². The van der Waals surface area contributed by atoms with Gasteiger partial charge in [0.2, 0.25) is 5.91 Å². The van der Waals surface area contributed by atoms with E-state index in [1.165, 1.54) is 18.3 Å². The van der Waals surface area contributed by atoms with E-state index in [0.717, 1.165) is 4.42 Å². The lowest BCUT2D eigenvalue weighted by molar-refractivity contribution is -0.153. The molecule has 2 rings (SSSR count). The molecule has 0 saturated carbocycles. The average molecular weight is 384 g/mol. The summed E-state index contributed by atoms with van der Waals surface area (Å²) in [7, 11) is 0. The molecule has 1 amide bonds. The summed E-state index contributed by atoms with van der Waals surface area (Å²) in [4.78, 5) is 16.0. The summed E-state index contributed by atoms with van der Waals surface area (Å²) in [6.07, 6.45) is -4.16. The van der Waals surface area contributed by atoms with E-state index >= 15 is 0 Å². The molecular formula is C15H18ClF4N3O2. The highest BCUT2D eigenvalue weighted by Gasteiger charge is 2.32. The fourth-order valence-corrected chi connectivity index (χ4v) is 2.78. The summed E-state index contributed by atoms with van der Waals surface area (Å²) in [5, 5.41) is 2.72. The molecule has 1 aliphatic heterocycles. The van der Waals surface area contributed by atoms with Crippen molar-refractivity contribution >= 4 is 17.7 Å². The molecule has 1 N–H and O–H groups in total. The molecule has 2 heterocycles. The number of nitrogens with one attached hydrogen (secondary N) is 1. The highest BCUT2D eigenvalue weighted by atomic mass is 35.5. The Bertz CT molecular complexity index is 575. The third-order valence-corrected chi connectivity index (χ3v) is 4.07. The Kier molecular flexibility index (Phi) is 6.45. The molecule has 10 heteroatoms. The van der Waals surface area contributed by atoms with Crippen molar-refractivity contribution in [1.82, 2.24) is 14.7 Å². The summed E-state index contributed by atoms with van der Waals surface area (Å²) in [6, 6.07) is 2.38. The van der Waals surface area contributed by atoms with E-state index in [0.29, 0.717) is 12.2 Å². The number of amides is 1. The minimum atomic E-state index is -4.42. The van der Waals surface area contributed by atoms with Gasteiger partial charge in [-0.1, -0.05) is 0 Å². The van der Waals surface area contributed by atoms with Gasteiger partial charge in [0.05, 0.1) is 17.9 Å². The topological polar surface area (TPSA) is 54.5 Å². The number of hydrogen-bond acceptors (Lipinski definition) is 4. The molecule has 1 aromatic rings. The lowest BCUT2D eigenvalue weighted by Gasteiger charge is -2.16. The van der Waals surface area contributed by atoms with Gasteiger partial charge < -0.3 is 10.1 Å². The monoisotopic (exact) mass is 383 g/mol.